The molecule has 0 aromatic heterocycles. The van der Waals surface area contributed by atoms with Gasteiger partial charge >= 0.3 is 0 Å². The Hall–Kier alpha value is -1.11. The molecule has 21 heavy (non-hydrogen) atoms. The molecule has 1 unspecified atom stereocenters. The van der Waals surface area contributed by atoms with Crippen molar-refractivity contribution in [2.45, 2.75) is 76.5 Å². The molecule has 1 aromatic carbocycles. The van der Waals surface area contributed by atoms with Gasteiger partial charge in [-0.25, -0.2) is 0 Å². The normalized spacial score (nSPS) is 22.8. The Labute approximate surface area is 129 Å². The van der Waals surface area contributed by atoms with Crippen LogP contribution in [0.3, 0.4) is 0 Å². The first kappa shape index (κ1) is 14.8. The van der Waals surface area contributed by atoms with Gasteiger partial charge in [0.1, 0.15) is 5.78 Å². The summed E-state index contributed by atoms with van der Waals surface area (Å²) in [6, 6.07) is 8.75. The lowest BCUT2D eigenvalue weighted by molar-refractivity contribution is -0.119. The number of carbonyl (C=O) groups is 1. The molecule has 0 bridgehead atoms. The predicted octanol–water partition coefficient (Wildman–Crippen LogP) is 5.43. The van der Waals surface area contributed by atoms with Crippen molar-refractivity contribution in [1.82, 2.24) is 0 Å². The van der Waals surface area contributed by atoms with Crippen LogP contribution in [0.25, 0.3) is 0 Å². The largest absolute Gasteiger partial charge is 0.300 e. The molecule has 1 fully saturated rings. The minimum atomic E-state index is 0.494. The third-order valence-electron chi connectivity index (χ3n) is 5.52. The second kappa shape index (κ2) is 7.24. The molecule has 3 rings (SSSR count). The quantitative estimate of drug-likeness (QED) is 0.705. The topological polar surface area (TPSA) is 17.1 Å². The van der Waals surface area contributed by atoms with Gasteiger partial charge in [0.05, 0.1) is 0 Å². The fourth-order valence-corrected chi connectivity index (χ4v) is 4.28. The highest BCUT2D eigenvalue weighted by Gasteiger charge is 2.22. The standard InChI is InChI=1S/C20H28O/c21-19(14-13-16-7-2-1-3-8-16)15-18-11-6-10-17-9-4-5-12-20(17)18/h4-5,9,12,16,18H,1-3,6-8,10-11,13-15H2. The van der Waals surface area contributed by atoms with E-state index >= 15 is 0 Å². The van der Waals surface area contributed by atoms with E-state index in [0.29, 0.717) is 11.7 Å². The molecule has 114 valence electrons. The molecule has 0 radical (unpaired) electrons. The summed E-state index contributed by atoms with van der Waals surface area (Å²) in [5, 5.41) is 0. The average Bonchev–Trinajstić information content (AvgIpc) is 2.54. The Morgan fingerprint density at radius 2 is 1.81 bits per heavy atom. The van der Waals surface area contributed by atoms with Crippen LogP contribution in [-0.4, -0.2) is 5.78 Å². The molecule has 0 spiro atoms. The lowest BCUT2D eigenvalue weighted by Gasteiger charge is -2.25. The van der Waals surface area contributed by atoms with E-state index in [0.717, 1.165) is 25.2 Å². The van der Waals surface area contributed by atoms with Crippen LogP contribution in [0.4, 0.5) is 0 Å². The number of aryl methyl sites for hydroxylation is 1. The number of ketones is 1. The number of hydrogen-bond acceptors (Lipinski definition) is 1. The summed E-state index contributed by atoms with van der Waals surface area (Å²) in [5.41, 5.74) is 2.93. The fraction of sp³-hybridized carbons (Fsp3) is 0.650. The van der Waals surface area contributed by atoms with E-state index in [1.165, 1.54) is 62.5 Å². The zero-order valence-corrected chi connectivity index (χ0v) is 13.2. The zero-order valence-electron chi connectivity index (χ0n) is 13.2. The summed E-state index contributed by atoms with van der Waals surface area (Å²) in [6.07, 6.45) is 13.3. The molecule has 1 aromatic rings. The average molecular weight is 284 g/mol. The van der Waals surface area contributed by atoms with Crippen LogP contribution in [0.5, 0.6) is 0 Å². The first-order chi connectivity index (χ1) is 10.3. The Morgan fingerprint density at radius 3 is 2.67 bits per heavy atom. The van der Waals surface area contributed by atoms with Crippen molar-refractivity contribution in [1.29, 1.82) is 0 Å². The maximum Gasteiger partial charge on any atom is 0.133 e. The van der Waals surface area contributed by atoms with Crippen molar-refractivity contribution in [3.63, 3.8) is 0 Å². The van der Waals surface area contributed by atoms with E-state index in [1.54, 1.807) is 0 Å². The van der Waals surface area contributed by atoms with Crippen molar-refractivity contribution in [3.8, 4) is 0 Å². The third kappa shape index (κ3) is 3.96. The highest BCUT2D eigenvalue weighted by atomic mass is 16.1. The first-order valence-corrected chi connectivity index (χ1v) is 8.92. The van der Waals surface area contributed by atoms with E-state index in [4.69, 9.17) is 0 Å². The number of Topliss-reactive ketones (excluding diaryl/α,β-unsaturated/α-hetero) is 1. The van der Waals surface area contributed by atoms with E-state index in [9.17, 15) is 4.79 Å². The minimum Gasteiger partial charge on any atom is -0.300 e. The summed E-state index contributed by atoms with van der Waals surface area (Å²) in [7, 11) is 0. The molecule has 1 nitrogen and oxygen atoms in total. The Morgan fingerprint density at radius 1 is 1.00 bits per heavy atom. The summed E-state index contributed by atoms with van der Waals surface area (Å²) in [6.45, 7) is 0. The van der Waals surface area contributed by atoms with Crippen molar-refractivity contribution >= 4 is 5.78 Å². The van der Waals surface area contributed by atoms with Gasteiger partial charge in [-0.05, 0) is 48.6 Å². The van der Waals surface area contributed by atoms with Gasteiger partial charge in [0.25, 0.3) is 0 Å². The first-order valence-electron chi connectivity index (χ1n) is 8.92. The summed E-state index contributed by atoms with van der Waals surface area (Å²) >= 11 is 0. The SMILES string of the molecule is O=C(CCC1CCCCC1)CC1CCCc2ccccc21. The van der Waals surface area contributed by atoms with Gasteiger partial charge < -0.3 is 0 Å². The molecular weight excluding hydrogens is 256 g/mol. The van der Waals surface area contributed by atoms with Gasteiger partial charge in [0.2, 0.25) is 0 Å². The van der Waals surface area contributed by atoms with Crippen molar-refractivity contribution < 1.29 is 4.79 Å². The Bertz CT molecular complexity index is 470. The van der Waals surface area contributed by atoms with E-state index in [1.807, 2.05) is 0 Å². The van der Waals surface area contributed by atoms with Gasteiger partial charge in [-0.1, -0.05) is 56.4 Å². The lowest BCUT2D eigenvalue weighted by Crippen LogP contribution is -2.15. The smallest absolute Gasteiger partial charge is 0.133 e. The van der Waals surface area contributed by atoms with E-state index < -0.39 is 0 Å². The maximum absolute atomic E-state index is 12.4. The van der Waals surface area contributed by atoms with Crippen LogP contribution < -0.4 is 0 Å². The van der Waals surface area contributed by atoms with Crippen molar-refractivity contribution in [3.05, 3.63) is 35.4 Å². The van der Waals surface area contributed by atoms with Crippen LogP contribution in [0.15, 0.2) is 24.3 Å². The van der Waals surface area contributed by atoms with Crippen molar-refractivity contribution in [2.75, 3.05) is 0 Å². The van der Waals surface area contributed by atoms with Crippen LogP contribution in [-0.2, 0) is 11.2 Å². The highest BCUT2D eigenvalue weighted by Crippen LogP contribution is 2.35. The van der Waals surface area contributed by atoms with Gasteiger partial charge in [0, 0.05) is 12.8 Å². The number of hydrogen-bond donors (Lipinski definition) is 0. The van der Waals surface area contributed by atoms with Crippen LogP contribution in [0.2, 0.25) is 0 Å². The molecule has 2 aliphatic rings. The molecule has 2 aliphatic carbocycles. The van der Waals surface area contributed by atoms with Crippen LogP contribution in [0.1, 0.15) is 81.3 Å². The van der Waals surface area contributed by atoms with Crippen LogP contribution in [0, 0.1) is 5.92 Å². The molecule has 0 heterocycles. The maximum atomic E-state index is 12.4. The fourth-order valence-electron chi connectivity index (χ4n) is 4.28. The molecule has 0 N–H and O–H groups in total. The second-order valence-corrected chi connectivity index (χ2v) is 7.07. The number of carbonyl (C=O) groups excluding carboxylic acids is 1. The van der Waals surface area contributed by atoms with Crippen LogP contribution >= 0.6 is 0 Å². The summed E-state index contributed by atoms with van der Waals surface area (Å²) in [5.74, 6) is 1.83. The van der Waals surface area contributed by atoms with Crippen molar-refractivity contribution in [2.24, 2.45) is 5.92 Å². The van der Waals surface area contributed by atoms with E-state index in [2.05, 4.69) is 24.3 Å². The van der Waals surface area contributed by atoms with Gasteiger partial charge in [-0.2, -0.15) is 0 Å². The molecule has 0 saturated heterocycles. The zero-order chi connectivity index (χ0) is 14.5. The predicted molar refractivity (Wildman–Crippen MR) is 87.6 cm³/mol. The molecule has 1 atom stereocenters. The monoisotopic (exact) mass is 284 g/mol. The minimum absolute atomic E-state index is 0.494. The van der Waals surface area contributed by atoms with Gasteiger partial charge in [-0.15, -0.1) is 0 Å². The number of fused-ring (bicyclic) bond motifs is 1. The van der Waals surface area contributed by atoms with Gasteiger partial charge in [0.15, 0.2) is 0 Å². The third-order valence-corrected chi connectivity index (χ3v) is 5.52. The van der Waals surface area contributed by atoms with Gasteiger partial charge in [-0.3, -0.25) is 4.79 Å². The lowest BCUT2D eigenvalue weighted by atomic mass is 9.79. The Kier molecular flexibility index (Phi) is 5.11. The molecule has 0 aliphatic heterocycles. The highest BCUT2D eigenvalue weighted by molar-refractivity contribution is 5.79. The molecular formula is C20H28O. The molecule has 1 heteroatoms. The molecule has 0 amide bonds. The van der Waals surface area contributed by atoms with E-state index in [-0.39, 0.29) is 0 Å². The Balaban J connectivity index is 1.51. The second-order valence-electron chi connectivity index (χ2n) is 7.07. The number of benzene rings is 1. The summed E-state index contributed by atoms with van der Waals surface area (Å²) < 4.78 is 0. The summed E-state index contributed by atoms with van der Waals surface area (Å²) in [4.78, 5) is 12.4. The number of rotatable bonds is 5. The molecule has 1 saturated carbocycles.